The van der Waals surface area contributed by atoms with E-state index in [1.807, 2.05) is 0 Å². The van der Waals surface area contributed by atoms with E-state index in [1.165, 1.54) is 24.3 Å². The van der Waals surface area contributed by atoms with Crippen LogP contribution in [0.5, 0.6) is 0 Å². The van der Waals surface area contributed by atoms with E-state index in [4.69, 9.17) is 0 Å². The summed E-state index contributed by atoms with van der Waals surface area (Å²) in [6.45, 7) is 0. The number of urea groups is 1. The Hall–Kier alpha value is -4.20. The Morgan fingerprint density at radius 3 is 2.29 bits per heavy atom. The highest BCUT2D eigenvalue weighted by molar-refractivity contribution is 7.99. The van der Waals surface area contributed by atoms with Crippen LogP contribution >= 0.6 is 11.8 Å². The first kappa shape index (κ1) is 24.4. The van der Waals surface area contributed by atoms with Gasteiger partial charge in [0.25, 0.3) is 5.56 Å². The first-order valence-electron chi connectivity index (χ1n) is 9.37. The van der Waals surface area contributed by atoms with Crippen LogP contribution in [-0.4, -0.2) is 45.0 Å². The average molecular weight is 492 g/mol. The summed E-state index contributed by atoms with van der Waals surface area (Å²) in [6.07, 6.45) is -5.12. The number of thioether (sulfide) groups is 1. The number of H-pyrrole nitrogens is 1. The molecule has 2 aromatic carbocycles. The highest BCUT2D eigenvalue weighted by Gasteiger charge is 2.39. The molecule has 0 atom stereocenters. The van der Waals surface area contributed by atoms with Gasteiger partial charge in [-0.15, -0.1) is 10.2 Å². The van der Waals surface area contributed by atoms with Gasteiger partial charge in [-0.1, -0.05) is 48.2 Å². The SMILES string of the molecule is O=C(CSc1nnc(-c2ccccc2NC(=O)C(F)(F)F)c(=O)[nH]1)NC(=O)Nc1ccccc1. The van der Waals surface area contributed by atoms with Crippen LogP contribution in [0, 0.1) is 0 Å². The maximum atomic E-state index is 12.6. The molecule has 0 saturated heterocycles. The van der Waals surface area contributed by atoms with Crippen molar-refractivity contribution < 1.29 is 27.6 Å². The first-order valence-corrected chi connectivity index (χ1v) is 10.4. The number of aromatic amines is 1. The monoisotopic (exact) mass is 492 g/mol. The van der Waals surface area contributed by atoms with E-state index in [2.05, 4.69) is 25.8 Å². The summed E-state index contributed by atoms with van der Waals surface area (Å²) < 4.78 is 37.7. The third kappa shape index (κ3) is 6.65. The van der Waals surface area contributed by atoms with Crippen molar-refractivity contribution in [1.82, 2.24) is 20.5 Å². The Morgan fingerprint density at radius 2 is 1.62 bits per heavy atom. The van der Waals surface area contributed by atoms with Gasteiger partial charge in [0.05, 0.1) is 11.4 Å². The maximum absolute atomic E-state index is 12.6. The lowest BCUT2D eigenvalue weighted by atomic mass is 10.1. The van der Waals surface area contributed by atoms with Crippen molar-refractivity contribution in [3.05, 3.63) is 65.0 Å². The quantitative estimate of drug-likeness (QED) is 0.387. The Morgan fingerprint density at radius 1 is 0.941 bits per heavy atom. The first-order chi connectivity index (χ1) is 16.1. The molecule has 3 rings (SSSR count). The summed E-state index contributed by atoms with van der Waals surface area (Å²) >= 11 is 0.773. The van der Waals surface area contributed by atoms with Crippen LogP contribution in [0.3, 0.4) is 0 Å². The molecular weight excluding hydrogens is 477 g/mol. The molecule has 0 aliphatic heterocycles. The molecule has 1 heterocycles. The van der Waals surface area contributed by atoms with Gasteiger partial charge in [0.15, 0.2) is 10.9 Å². The van der Waals surface area contributed by atoms with Gasteiger partial charge in [-0.2, -0.15) is 13.2 Å². The maximum Gasteiger partial charge on any atom is 0.471 e. The number of para-hydroxylation sites is 2. The Labute approximate surface area is 193 Å². The molecule has 0 saturated carbocycles. The molecule has 176 valence electrons. The number of rotatable bonds is 6. The molecule has 4 N–H and O–H groups in total. The van der Waals surface area contributed by atoms with Crippen molar-refractivity contribution in [2.75, 3.05) is 16.4 Å². The summed E-state index contributed by atoms with van der Waals surface area (Å²) in [6, 6.07) is 13.0. The molecule has 3 aromatic rings. The number of amides is 4. The van der Waals surface area contributed by atoms with Gasteiger partial charge in [-0.05, 0) is 18.2 Å². The van der Waals surface area contributed by atoms with E-state index in [-0.39, 0.29) is 27.9 Å². The molecule has 4 amide bonds. The molecule has 10 nitrogen and oxygen atoms in total. The Balaban J connectivity index is 1.64. The highest BCUT2D eigenvalue weighted by Crippen LogP contribution is 2.26. The number of hydrogen-bond donors (Lipinski definition) is 4. The van der Waals surface area contributed by atoms with Gasteiger partial charge in [0, 0.05) is 11.3 Å². The average Bonchev–Trinajstić information content (AvgIpc) is 2.78. The van der Waals surface area contributed by atoms with Crippen molar-refractivity contribution in [3.8, 4) is 11.3 Å². The van der Waals surface area contributed by atoms with E-state index < -0.39 is 29.6 Å². The van der Waals surface area contributed by atoms with Gasteiger partial charge in [0.1, 0.15) is 0 Å². The van der Waals surface area contributed by atoms with Gasteiger partial charge >= 0.3 is 18.1 Å². The number of carbonyl (C=O) groups excluding carboxylic acids is 3. The zero-order valence-electron chi connectivity index (χ0n) is 17.0. The standard InChI is InChI=1S/C20H15F3N6O4S/c21-20(22,23)17(32)25-13-9-5-4-8-12(13)15-16(31)27-19(29-28-15)34-10-14(30)26-18(33)24-11-6-2-1-3-7-11/h1-9H,10H2,(H,25,32)(H,27,29,31)(H2,24,26,30,33). The fraction of sp³-hybridized carbons (Fsp3) is 0.100. The number of nitrogens with one attached hydrogen (secondary N) is 4. The number of benzene rings is 2. The van der Waals surface area contributed by atoms with E-state index in [1.54, 1.807) is 35.6 Å². The minimum atomic E-state index is -5.12. The number of nitrogens with zero attached hydrogens (tertiary/aromatic N) is 2. The predicted molar refractivity (Wildman–Crippen MR) is 117 cm³/mol. The normalized spacial score (nSPS) is 10.9. The second kappa shape index (κ2) is 10.6. The summed E-state index contributed by atoms with van der Waals surface area (Å²) in [4.78, 5) is 49.8. The van der Waals surface area contributed by atoms with Crippen LogP contribution in [0.15, 0.2) is 64.5 Å². The fourth-order valence-electron chi connectivity index (χ4n) is 2.54. The molecular formula is C20H15F3N6O4S. The number of halogens is 3. The Kier molecular flexibility index (Phi) is 7.63. The van der Waals surface area contributed by atoms with Crippen LogP contribution in [0.1, 0.15) is 0 Å². The van der Waals surface area contributed by atoms with Crippen LogP contribution in [0.4, 0.5) is 29.3 Å². The summed E-state index contributed by atoms with van der Waals surface area (Å²) in [5, 5.41) is 13.7. The van der Waals surface area contributed by atoms with E-state index in [9.17, 15) is 32.3 Å². The number of alkyl halides is 3. The lowest BCUT2D eigenvalue weighted by Crippen LogP contribution is -2.35. The van der Waals surface area contributed by atoms with Crippen LogP contribution in [0.25, 0.3) is 11.3 Å². The van der Waals surface area contributed by atoms with Crippen LogP contribution in [0.2, 0.25) is 0 Å². The van der Waals surface area contributed by atoms with E-state index in [0.29, 0.717) is 5.69 Å². The minimum absolute atomic E-state index is 0.0656. The number of aromatic nitrogens is 3. The van der Waals surface area contributed by atoms with Crippen molar-refractivity contribution in [3.63, 3.8) is 0 Å². The third-order valence-electron chi connectivity index (χ3n) is 3.99. The zero-order chi connectivity index (χ0) is 24.7. The summed E-state index contributed by atoms with van der Waals surface area (Å²) in [5.74, 6) is -3.17. The zero-order valence-corrected chi connectivity index (χ0v) is 17.8. The van der Waals surface area contributed by atoms with Crippen LogP contribution < -0.4 is 21.5 Å². The van der Waals surface area contributed by atoms with Gasteiger partial charge in [0.2, 0.25) is 5.91 Å². The molecule has 0 bridgehead atoms. The number of imide groups is 1. The highest BCUT2D eigenvalue weighted by atomic mass is 32.2. The van der Waals surface area contributed by atoms with Crippen LogP contribution in [-0.2, 0) is 9.59 Å². The van der Waals surface area contributed by atoms with Gasteiger partial charge < -0.3 is 10.6 Å². The molecule has 1 aromatic heterocycles. The smallest absolute Gasteiger partial charge is 0.318 e. The number of anilines is 2. The van der Waals surface area contributed by atoms with Crippen molar-refractivity contribution in [2.45, 2.75) is 11.3 Å². The molecule has 14 heteroatoms. The summed E-state index contributed by atoms with van der Waals surface area (Å²) in [5.41, 5.74) is -1.03. The number of carbonyl (C=O) groups is 3. The number of hydrogen-bond acceptors (Lipinski definition) is 7. The predicted octanol–water partition coefficient (Wildman–Crippen LogP) is 2.77. The minimum Gasteiger partial charge on any atom is -0.318 e. The second-order valence-electron chi connectivity index (χ2n) is 6.46. The lowest BCUT2D eigenvalue weighted by Gasteiger charge is -2.11. The fourth-order valence-corrected chi connectivity index (χ4v) is 3.14. The molecule has 0 spiro atoms. The topological polar surface area (TPSA) is 146 Å². The molecule has 0 fully saturated rings. The van der Waals surface area contributed by atoms with Crippen molar-refractivity contribution in [1.29, 1.82) is 0 Å². The van der Waals surface area contributed by atoms with Crippen molar-refractivity contribution in [2.24, 2.45) is 0 Å². The van der Waals surface area contributed by atoms with Gasteiger partial charge in [-0.3, -0.25) is 24.7 Å². The molecule has 0 unspecified atom stereocenters. The van der Waals surface area contributed by atoms with Gasteiger partial charge in [-0.25, -0.2) is 4.79 Å². The lowest BCUT2D eigenvalue weighted by molar-refractivity contribution is -0.167. The third-order valence-corrected chi connectivity index (χ3v) is 4.85. The second-order valence-corrected chi connectivity index (χ2v) is 7.43. The molecule has 0 radical (unpaired) electrons. The molecule has 34 heavy (non-hydrogen) atoms. The largest absolute Gasteiger partial charge is 0.471 e. The Bertz CT molecular complexity index is 1270. The van der Waals surface area contributed by atoms with E-state index in [0.717, 1.165) is 11.8 Å². The van der Waals surface area contributed by atoms with E-state index >= 15 is 0 Å². The summed E-state index contributed by atoms with van der Waals surface area (Å²) in [7, 11) is 0. The van der Waals surface area contributed by atoms with Crippen molar-refractivity contribution >= 4 is 41.0 Å². The molecule has 0 aliphatic rings. The molecule has 0 aliphatic carbocycles.